The van der Waals surface area contributed by atoms with Crippen LogP contribution in [0.3, 0.4) is 0 Å². The minimum Gasteiger partial charge on any atom is -0.342 e. The Balaban J connectivity index is 1.57. The zero-order chi connectivity index (χ0) is 16.8. The number of hydrogen-bond acceptors (Lipinski definition) is 2. The number of carbonyl (C=O) groups is 1. The van der Waals surface area contributed by atoms with Crippen molar-refractivity contribution in [3.05, 3.63) is 54.6 Å². The molecule has 0 bridgehead atoms. The van der Waals surface area contributed by atoms with Gasteiger partial charge in [0.05, 0.1) is 6.33 Å². The van der Waals surface area contributed by atoms with Crippen molar-refractivity contribution >= 4 is 5.91 Å². The topological polar surface area (TPSA) is 38.1 Å². The fourth-order valence-corrected chi connectivity index (χ4v) is 3.86. The maximum Gasteiger partial charge on any atom is 0.222 e. The molecular weight excluding hydrogens is 298 g/mol. The van der Waals surface area contributed by atoms with Crippen molar-refractivity contribution in [3.63, 3.8) is 0 Å². The zero-order valence-electron chi connectivity index (χ0n) is 14.5. The third-order valence-electron chi connectivity index (χ3n) is 5.15. The molecule has 1 aliphatic rings. The molecule has 1 aromatic carbocycles. The predicted molar refractivity (Wildman–Crippen MR) is 95.6 cm³/mol. The molecular formula is C20H27N3O. The van der Waals surface area contributed by atoms with Crippen molar-refractivity contribution in [1.29, 1.82) is 0 Å². The zero-order valence-corrected chi connectivity index (χ0v) is 14.5. The lowest BCUT2D eigenvalue weighted by molar-refractivity contribution is -0.133. The first kappa shape index (κ1) is 16.7. The Morgan fingerprint density at radius 2 is 2.17 bits per heavy atom. The molecule has 0 spiro atoms. The average molecular weight is 325 g/mol. The van der Waals surface area contributed by atoms with E-state index < -0.39 is 0 Å². The lowest BCUT2D eigenvalue weighted by Gasteiger charge is -2.37. The van der Waals surface area contributed by atoms with Gasteiger partial charge in [0.2, 0.25) is 5.91 Å². The van der Waals surface area contributed by atoms with E-state index >= 15 is 0 Å². The fourth-order valence-electron chi connectivity index (χ4n) is 3.86. The summed E-state index contributed by atoms with van der Waals surface area (Å²) in [6, 6.07) is 10.7. The molecule has 1 aromatic heterocycles. The molecule has 1 saturated heterocycles. The minimum atomic E-state index is 0.295. The summed E-state index contributed by atoms with van der Waals surface area (Å²) in [6.45, 7) is 4.01. The van der Waals surface area contributed by atoms with E-state index in [-0.39, 0.29) is 0 Å². The first-order valence-corrected chi connectivity index (χ1v) is 9.07. The number of likely N-dealkylation sites (tertiary alicyclic amines) is 1. The van der Waals surface area contributed by atoms with Crippen LogP contribution in [-0.4, -0.2) is 33.4 Å². The Morgan fingerprint density at radius 1 is 1.33 bits per heavy atom. The number of piperidine rings is 1. The van der Waals surface area contributed by atoms with Crippen LogP contribution in [0.1, 0.15) is 44.2 Å². The molecule has 1 fully saturated rings. The molecule has 4 nitrogen and oxygen atoms in total. The summed E-state index contributed by atoms with van der Waals surface area (Å²) in [5, 5.41) is 0. The van der Waals surface area contributed by atoms with Gasteiger partial charge in [0, 0.05) is 37.9 Å². The van der Waals surface area contributed by atoms with Crippen LogP contribution in [-0.2, 0) is 11.2 Å². The van der Waals surface area contributed by atoms with E-state index in [0.717, 1.165) is 32.4 Å². The molecule has 1 amide bonds. The largest absolute Gasteiger partial charge is 0.342 e. The number of nitrogens with zero attached hydrogens (tertiary/aromatic N) is 3. The Bertz CT molecular complexity index is 624. The predicted octanol–water partition coefficient (Wildman–Crippen LogP) is 3.71. The Morgan fingerprint density at radius 3 is 2.88 bits per heavy atom. The van der Waals surface area contributed by atoms with Gasteiger partial charge >= 0.3 is 0 Å². The van der Waals surface area contributed by atoms with Gasteiger partial charge in [-0.25, -0.2) is 4.98 Å². The molecule has 1 aliphatic heterocycles. The van der Waals surface area contributed by atoms with Gasteiger partial charge in [-0.3, -0.25) is 4.79 Å². The van der Waals surface area contributed by atoms with Crippen molar-refractivity contribution in [2.75, 3.05) is 13.1 Å². The van der Waals surface area contributed by atoms with Crippen molar-refractivity contribution in [2.24, 2.45) is 5.92 Å². The Labute approximate surface area is 144 Å². The van der Waals surface area contributed by atoms with Gasteiger partial charge in [0.15, 0.2) is 0 Å². The van der Waals surface area contributed by atoms with Crippen molar-refractivity contribution < 1.29 is 4.79 Å². The first-order chi connectivity index (χ1) is 11.8. The summed E-state index contributed by atoms with van der Waals surface area (Å²) < 4.78 is 2.21. The lowest BCUT2D eigenvalue weighted by atomic mass is 9.88. The molecule has 2 atom stereocenters. The standard InChI is InChI=1S/C20H27N3O/c1-2-19(23-14-12-21-16-23)18-9-6-13-22(15-18)20(24)11-10-17-7-4-3-5-8-17/h3-5,7-8,12,14,16,18-19H,2,6,9-11,13,15H2,1H3. The van der Waals surface area contributed by atoms with Gasteiger partial charge in [0.1, 0.15) is 0 Å². The molecule has 2 unspecified atom stereocenters. The fraction of sp³-hybridized carbons (Fsp3) is 0.500. The van der Waals surface area contributed by atoms with Gasteiger partial charge in [-0.15, -0.1) is 0 Å². The molecule has 0 aliphatic carbocycles. The minimum absolute atomic E-state index is 0.295. The lowest BCUT2D eigenvalue weighted by Crippen LogP contribution is -2.42. The van der Waals surface area contributed by atoms with Gasteiger partial charge in [0.25, 0.3) is 0 Å². The Kier molecular flexibility index (Phi) is 5.68. The molecule has 0 radical (unpaired) electrons. The maximum atomic E-state index is 12.6. The monoisotopic (exact) mass is 325 g/mol. The highest BCUT2D eigenvalue weighted by Crippen LogP contribution is 2.30. The van der Waals surface area contributed by atoms with E-state index in [9.17, 15) is 4.79 Å². The van der Waals surface area contributed by atoms with E-state index in [4.69, 9.17) is 0 Å². The second kappa shape index (κ2) is 8.13. The summed E-state index contributed by atoms with van der Waals surface area (Å²) in [4.78, 5) is 18.9. The van der Waals surface area contributed by atoms with E-state index in [0.29, 0.717) is 24.3 Å². The molecule has 2 heterocycles. The molecule has 2 aromatic rings. The molecule has 24 heavy (non-hydrogen) atoms. The summed E-state index contributed by atoms with van der Waals surface area (Å²) in [6.07, 6.45) is 10.6. The van der Waals surface area contributed by atoms with Crippen LogP contribution >= 0.6 is 0 Å². The van der Waals surface area contributed by atoms with Crippen LogP contribution in [0.25, 0.3) is 0 Å². The van der Waals surface area contributed by atoms with Crippen molar-refractivity contribution in [1.82, 2.24) is 14.5 Å². The number of rotatable bonds is 6. The SMILES string of the molecule is CCC(C1CCCN(C(=O)CCc2ccccc2)C1)n1ccnc1. The normalized spacial score (nSPS) is 19.2. The van der Waals surface area contributed by atoms with Gasteiger partial charge < -0.3 is 9.47 Å². The number of amides is 1. The highest BCUT2D eigenvalue weighted by Gasteiger charge is 2.29. The van der Waals surface area contributed by atoms with Crippen LogP contribution in [0.2, 0.25) is 0 Å². The molecule has 0 N–H and O–H groups in total. The molecule has 0 saturated carbocycles. The van der Waals surface area contributed by atoms with Crippen LogP contribution in [0.5, 0.6) is 0 Å². The van der Waals surface area contributed by atoms with E-state index in [2.05, 4.69) is 33.5 Å². The van der Waals surface area contributed by atoms with E-state index in [1.54, 1.807) is 0 Å². The average Bonchev–Trinajstić information content (AvgIpc) is 3.16. The third-order valence-corrected chi connectivity index (χ3v) is 5.15. The molecule has 3 rings (SSSR count). The summed E-state index contributed by atoms with van der Waals surface area (Å²) in [7, 11) is 0. The van der Waals surface area contributed by atoms with Gasteiger partial charge in [-0.2, -0.15) is 0 Å². The number of aromatic nitrogens is 2. The second-order valence-electron chi connectivity index (χ2n) is 6.71. The first-order valence-electron chi connectivity index (χ1n) is 9.07. The second-order valence-corrected chi connectivity index (χ2v) is 6.71. The summed E-state index contributed by atoms with van der Waals surface area (Å²) in [5.74, 6) is 0.822. The molecule has 128 valence electrons. The van der Waals surface area contributed by atoms with Gasteiger partial charge in [-0.05, 0) is 37.2 Å². The molecule has 4 heteroatoms. The number of carbonyl (C=O) groups excluding carboxylic acids is 1. The summed E-state index contributed by atoms with van der Waals surface area (Å²) in [5.41, 5.74) is 1.24. The van der Waals surface area contributed by atoms with E-state index in [1.165, 1.54) is 12.0 Å². The number of aryl methyl sites for hydroxylation is 1. The van der Waals surface area contributed by atoms with Crippen LogP contribution in [0.4, 0.5) is 0 Å². The highest BCUT2D eigenvalue weighted by molar-refractivity contribution is 5.76. The van der Waals surface area contributed by atoms with Gasteiger partial charge in [-0.1, -0.05) is 37.3 Å². The van der Waals surface area contributed by atoms with Crippen molar-refractivity contribution in [3.8, 4) is 0 Å². The van der Waals surface area contributed by atoms with Crippen LogP contribution < -0.4 is 0 Å². The Hall–Kier alpha value is -2.10. The number of benzene rings is 1. The van der Waals surface area contributed by atoms with Crippen LogP contribution in [0.15, 0.2) is 49.1 Å². The smallest absolute Gasteiger partial charge is 0.222 e. The number of imidazole rings is 1. The third kappa shape index (κ3) is 4.05. The van der Waals surface area contributed by atoms with Crippen molar-refractivity contribution in [2.45, 2.75) is 45.1 Å². The van der Waals surface area contributed by atoms with Crippen LogP contribution in [0, 0.1) is 5.92 Å². The quantitative estimate of drug-likeness (QED) is 0.812. The number of hydrogen-bond donors (Lipinski definition) is 0. The van der Waals surface area contributed by atoms with E-state index in [1.807, 2.05) is 36.9 Å². The summed E-state index contributed by atoms with van der Waals surface area (Å²) >= 11 is 0. The highest BCUT2D eigenvalue weighted by atomic mass is 16.2. The maximum absolute atomic E-state index is 12.6.